The largest absolute Gasteiger partial charge is 0.396 e. The van der Waals surface area contributed by atoms with Crippen LogP contribution in [0, 0.1) is 17.0 Å². The van der Waals surface area contributed by atoms with Crippen molar-refractivity contribution in [1.29, 1.82) is 0 Å². The molecule has 0 atom stereocenters. The molecule has 2 rings (SSSR count). The summed E-state index contributed by atoms with van der Waals surface area (Å²) in [4.78, 5) is 2.10. The van der Waals surface area contributed by atoms with E-state index < -0.39 is 11.6 Å². The van der Waals surface area contributed by atoms with Crippen molar-refractivity contribution >= 4 is 0 Å². The molecule has 1 aliphatic carbocycles. The lowest BCUT2D eigenvalue weighted by atomic mass is 10.1. The molecule has 0 spiro atoms. The van der Waals surface area contributed by atoms with Gasteiger partial charge in [0.15, 0.2) is 0 Å². The molecule has 0 unspecified atom stereocenters. The maximum Gasteiger partial charge on any atom is 0.129 e. The first kappa shape index (κ1) is 13.4. The Bertz CT molecular complexity index is 418. The molecule has 0 saturated heterocycles. The van der Waals surface area contributed by atoms with Crippen LogP contribution in [0.5, 0.6) is 0 Å². The van der Waals surface area contributed by atoms with E-state index in [-0.39, 0.29) is 12.0 Å². The average molecular weight is 255 g/mol. The maximum atomic E-state index is 13.4. The van der Waals surface area contributed by atoms with E-state index in [4.69, 9.17) is 0 Å². The minimum atomic E-state index is -0.540. The average Bonchev–Trinajstić information content (AvgIpc) is 3.08. The highest BCUT2D eigenvalue weighted by atomic mass is 19.1. The van der Waals surface area contributed by atoms with Crippen LogP contribution >= 0.6 is 0 Å². The van der Waals surface area contributed by atoms with Crippen LogP contribution in [-0.2, 0) is 6.42 Å². The van der Waals surface area contributed by atoms with Crippen molar-refractivity contribution in [2.75, 3.05) is 26.7 Å². The van der Waals surface area contributed by atoms with Gasteiger partial charge in [0.25, 0.3) is 0 Å². The SMILES string of the molecule is CN(CCc1ccc(F)cc1F)CC1(CO)CC1. The zero-order valence-corrected chi connectivity index (χ0v) is 10.6. The third-order valence-corrected chi connectivity index (χ3v) is 3.68. The van der Waals surface area contributed by atoms with Crippen LogP contribution < -0.4 is 0 Å². The molecule has 2 nitrogen and oxygen atoms in total. The molecule has 0 aromatic heterocycles. The first-order chi connectivity index (χ1) is 8.54. The Morgan fingerprint density at radius 1 is 1.33 bits per heavy atom. The first-order valence-electron chi connectivity index (χ1n) is 6.28. The molecule has 0 aliphatic heterocycles. The van der Waals surface area contributed by atoms with Crippen molar-refractivity contribution < 1.29 is 13.9 Å². The Balaban J connectivity index is 1.83. The number of benzene rings is 1. The van der Waals surface area contributed by atoms with E-state index in [9.17, 15) is 13.9 Å². The van der Waals surface area contributed by atoms with Crippen molar-refractivity contribution in [2.45, 2.75) is 19.3 Å². The van der Waals surface area contributed by atoms with Crippen molar-refractivity contribution in [1.82, 2.24) is 4.90 Å². The Morgan fingerprint density at radius 2 is 2.06 bits per heavy atom. The van der Waals surface area contributed by atoms with Gasteiger partial charge in [-0.25, -0.2) is 8.78 Å². The smallest absolute Gasteiger partial charge is 0.129 e. The summed E-state index contributed by atoms with van der Waals surface area (Å²) in [6.07, 6.45) is 2.70. The van der Waals surface area contributed by atoms with Gasteiger partial charge >= 0.3 is 0 Å². The predicted octanol–water partition coefficient (Wildman–Crippen LogP) is 2.21. The molecule has 18 heavy (non-hydrogen) atoms. The van der Waals surface area contributed by atoms with Crippen LogP contribution in [-0.4, -0.2) is 36.8 Å². The van der Waals surface area contributed by atoms with Crippen molar-refractivity contribution in [3.8, 4) is 0 Å². The molecule has 1 aromatic carbocycles. The second kappa shape index (κ2) is 5.33. The molecule has 4 heteroatoms. The summed E-state index contributed by atoms with van der Waals surface area (Å²) in [6.45, 7) is 1.78. The highest BCUT2D eigenvalue weighted by Gasteiger charge is 2.42. The van der Waals surface area contributed by atoms with Crippen LogP contribution in [0.3, 0.4) is 0 Å². The number of rotatable bonds is 6. The van der Waals surface area contributed by atoms with Gasteiger partial charge in [-0.1, -0.05) is 6.07 Å². The Morgan fingerprint density at radius 3 is 2.61 bits per heavy atom. The normalized spacial score (nSPS) is 17.2. The lowest BCUT2D eigenvalue weighted by molar-refractivity contribution is 0.164. The number of nitrogens with zero attached hydrogens (tertiary/aromatic N) is 1. The Kier molecular flexibility index (Phi) is 3.97. The van der Waals surface area contributed by atoms with Crippen molar-refractivity contribution in [2.24, 2.45) is 5.41 Å². The molecule has 1 N–H and O–H groups in total. The molecule has 0 bridgehead atoms. The lowest BCUT2D eigenvalue weighted by Gasteiger charge is -2.22. The van der Waals surface area contributed by atoms with Gasteiger partial charge in [0, 0.05) is 31.2 Å². The number of halogens is 2. The van der Waals surface area contributed by atoms with E-state index in [1.165, 1.54) is 12.1 Å². The third-order valence-electron chi connectivity index (χ3n) is 3.68. The molecular weight excluding hydrogens is 236 g/mol. The molecular formula is C14H19F2NO. The van der Waals surface area contributed by atoms with Crippen LogP contribution in [0.1, 0.15) is 18.4 Å². The fourth-order valence-electron chi connectivity index (χ4n) is 2.23. The molecule has 0 radical (unpaired) electrons. The van der Waals surface area contributed by atoms with E-state index >= 15 is 0 Å². The summed E-state index contributed by atoms with van der Waals surface area (Å²) in [6, 6.07) is 3.71. The third kappa shape index (κ3) is 3.27. The second-order valence-electron chi connectivity index (χ2n) is 5.38. The van der Waals surface area contributed by atoms with Crippen LogP contribution in [0.2, 0.25) is 0 Å². The number of aliphatic hydroxyl groups is 1. The topological polar surface area (TPSA) is 23.5 Å². The number of hydrogen-bond acceptors (Lipinski definition) is 2. The summed E-state index contributed by atoms with van der Waals surface area (Å²) in [5, 5.41) is 9.24. The van der Waals surface area contributed by atoms with E-state index in [0.717, 1.165) is 25.5 Å². The molecule has 0 amide bonds. The highest BCUT2D eigenvalue weighted by Crippen LogP contribution is 2.45. The molecule has 1 aliphatic rings. The van der Waals surface area contributed by atoms with E-state index in [2.05, 4.69) is 4.90 Å². The summed E-state index contributed by atoms with van der Waals surface area (Å²) in [5.74, 6) is -1.02. The van der Waals surface area contributed by atoms with Gasteiger partial charge in [0.05, 0.1) is 0 Å². The maximum absolute atomic E-state index is 13.4. The summed E-state index contributed by atoms with van der Waals surface area (Å²) >= 11 is 0. The zero-order valence-electron chi connectivity index (χ0n) is 10.6. The Labute approximate surface area is 106 Å². The molecule has 1 saturated carbocycles. The monoisotopic (exact) mass is 255 g/mol. The predicted molar refractivity (Wildman–Crippen MR) is 66.3 cm³/mol. The fourth-order valence-corrected chi connectivity index (χ4v) is 2.23. The highest BCUT2D eigenvalue weighted by molar-refractivity contribution is 5.18. The van der Waals surface area contributed by atoms with Crippen LogP contribution in [0.25, 0.3) is 0 Å². The standard InChI is InChI=1S/C14H19F2NO/c1-17(9-14(10-18)5-6-14)7-4-11-2-3-12(15)8-13(11)16/h2-3,8,18H,4-7,9-10H2,1H3. The molecule has 100 valence electrons. The van der Waals surface area contributed by atoms with E-state index in [1.54, 1.807) is 0 Å². The van der Waals surface area contributed by atoms with Crippen LogP contribution in [0.4, 0.5) is 8.78 Å². The van der Waals surface area contributed by atoms with Crippen molar-refractivity contribution in [3.63, 3.8) is 0 Å². The molecule has 1 aromatic rings. The van der Waals surface area contributed by atoms with Crippen molar-refractivity contribution in [3.05, 3.63) is 35.4 Å². The van der Waals surface area contributed by atoms with Gasteiger partial charge in [-0.15, -0.1) is 0 Å². The van der Waals surface area contributed by atoms with Gasteiger partial charge in [0.1, 0.15) is 11.6 Å². The Hall–Kier alpha value is -1.00. The fraction of sp³-hybridized carbons (Fsp3) is 0.571. The summed E-state index contributed by atoms with van der Waals surface area (Å²) in [5.41, 5.74) is 0.618. The van der Waals surface area contributed by atoms with Gasteiger partial charge in [-0.3, -0.25) is 0 Å². The zero-order chi connectivity index (χ0) is 13.2. The minimum absolute atomic E-state index is 0.0795. The first-order valence-corrected chi connectivity index (χ1v) is 6.28. The van der Waals surface area contributed by atoms with Gasteiger partial charge < -0.3 is 10.0 Å². The minimum Gasteiger partial charge on any atom is -0.396 e. The number of hydrogen-bond donors (Lipinski definition) is 1. The van der Waals surface area contributed by atoms with E-state index in [0.29, 0.717) is 18.5 Å². The molecule has 1 fully saturated rings. The number of aliphatic hydroxyl groups excluding tert-OH is 1. The summed E-state index contributed by atoms with van der Waals surface area (Å²) in [7, 11) is 1.97. The van der Waals surface area contributed by atoms with Gasteiger partial charge in [-0.05, 0) is 37.9 Å². The van der Waals surface area contributed by atoms with E-state index in [1.807, 2.05) is 7.05 Å². The van der Waals surface area contributed by atoms with Gasteiger partial charge in [-0.2, -0.15) is 0 Å². The summed E-state index contributed by atoms with van der Waals surface area (Å²) < 4.78 is 26.2. The van der Waals surface area contributed by atoms with Gasteiger partial charge in [0.2, 0.25) is 0 Å². The quantitative estimate of drug-likeness (QED) is 0.842. The molecule has 0 heterocycles. The number of likely N-dealkylation sites (N-methyl/N-ethyl adjacent to an activating group) is 1. The lowest BCUT2D eigenvalue weighted by Crippen LogP contribution is -2.30. The van der Waals surface area contributed by atoms with Crippen LogP contribution in [0.15, 0.2) is 18.2 Å². The second-order valence-corrected chi connectivity index (χ2v) is 5.38.